The van der Waals surface area contributed by atoms with Gasteiger partial charge in [-0.15, -0.1) is 0 Å². The Morgan fingerprint density at radius 1 is 1.17 bits per heavy atom. The van der Waals surface area contributed by atoms with Gasteiger partial charge in [-0.2, -0.15) is 0 Å². The Labute approximate surface area is 134 Å². The maximum atomic E-state index is 12.2. The van der Waals surface area contributed by atoms with Crippen LogP contribution in [-0.4, -0.2) is 41.1 Å². The number of hydrogen-bond donors (Lipinski definition) is 0. The molecule has 1 aromatic heterocycles. The van der Waals surface area contributed by atoms with E-state index in [0.29, 0.717) is 5.56 Å². The Morgan fingerprint density at radius 3 is 2.04 bits per heavy atom. The Bertz CT molecular complexity index is 530. The van der Waals surface area contributed by atoms with Crippen molar-refractivity contribution < 1.29 is 24.0 Å². The monoisotopic (exact) mass is 324 g/mol. The van der Waals surface area contributed by atoms with Crippen LogP contribution in [0.15, 0.2) is 24.5 Å². The molecule has 23 heavy (non-hydrogen) atoms. The lowest BCUT2D eigenvalue weighted by Gasteiger charge is -2.25. The van der Waals surface area contributed by atoms with E-state index in [4.69, 9.17) is 9.47 Å². The van der Waals surface area contributed by atoms with Gasteiger partial charge in [-0.05, 0) is 31.5 Å². The second-order valence-corrected chi connectivity index (χ2v) is 4.81. The van der Waals surface area contributed by atoms with Gasteiger partial charge in [0.1, 0.15) is 0 Å². The summed E-state index contributed by atoms with van der Waals surface area (Å²) >= 11 is 0. The van der Waals surface area contributed by atoms with Crippen molar-refractivity contribution in [1.82, 2.24) is 4.98 Å². The van der Waals surface area contributed by atoms with E-state index in [1.165, 1.54) is 31.5 Å². The number of ether oxygens (including phenoxy) is 2. The van der Waals surface area contributed by atoms with Crippen LogP contribution in [0.1, 0.15) is 32.3 Å². The van der Waals surface area contributed by atoms with Gasteiger partial charge in [-0.25, -0.2) is 0 Å². The first kappa shape index (κ1) is 18.5. The van der Waals surface area contributed by atoms with Gasteiger partial charge in [0.2, 0.25) is 6.04 Å². The molecule has 1 rings (SSSR count). The summed E-state index contributed by atoms with van der Waals surface area (Å²) in [5.41, 5.74) is 0.454. The second-order valence-electron chi connectivity index (χ2n) is 4.81. The maximum Gasteiger partial charge on any atom is 0.321 e. The van der Waals surface area contributed by atoms with Gasteiger partial charge in [0.15, 0.2) is 5.92 Å². The predicted octanol–water partition coefficient (Wildman–Crippen LogP) is 1.57. The van der Waals surface area contributed by atoms with Gasteiger partial charge in [-0.1, -0.05) is 0 Å². The molecule has 0 N–H and O–H groups in total. The quantitative estimate of drug-likeness (QED) is 0.309. The molecule has 0 aliphatic carbocycles. The van der Waals surface area contributed by atoms with Crippen molar-refractivity contribution >= 4 is 11.9 Å². The smallest absolute Gasteiger partial charge is 0.321 e. The minimum Gasteiger partial charge on any atom is -0.465 e. The van der Waals surface area contributed by atoms with Crippen LogP contribution in [0.5, 0.6) is 0 Å². The molecule has 126 valence electrons. The van der Waals surface area contributed by atoms with E-state index >= 15 is 0 Å². The van der Waals surface area contributed by atoms with Crippen molar-refractivity contribution in [1.29, 1.82) is 0 Å². The van der Waals surface area contributed by atoms with Crippen molar-refractivity contribution in [3.05, 3.63) is 40.2 Å². The number of esters is 2. The van der Waals surface area contributed by atoms with Crippen LogP contribution in [0.25, 0.3) is 0 Å². The highest BCUT2D eigenvalue weighted by Crippen LogP contribution is 2.31. The van der Waals surface area contributed by atoms with Gasteiger partial charge in [0.05, 0.1) is 19.1 Å². The molecule has 8 nitrogen and oxygen atoms in total. The first-order valence-corrected chi connectivity index (χ1v) is 7.30. The zero-order valence-electron chi connectivity index (χ0n) is 13.3. The molecule has 0 bridgehead atoms. The van der Waals surface area contributed by atoms with E-state index in [9.17, 15) is 19.7 Å². The summed E-state index contributed by atoms with van der Waals surface area (Å²) in [7, 11) is 0. The Morgan fingerprint density at radius 2 is 1.65 bits per heavy atom. The topological polar surface area (TPSA) is 109 Å². The number of nitro groups is 1. The number of carbonyl (C=O) groups excluding carboxylic acids is 2. The summed E-state index contributed by atoms with van der Waals surface area (Å²) in [4.78, 5) is 39.1. The molecule has 0 aliphatic heterocycles. The normalized spacial score (nSPS) is 13.2. The zero-order valence-corrected chi connectivity index (χ0v) is 13.3. The molecule has 1 aromatic rings. The summed E-state index contributed by atoms with van der Waals surface area (Å²) in [6, 6.07) is 1.89. The van der Waals surface area contributed by atoms with Crippen LogP contribution in [0.3, 0.4) is 0 Å². The van der Waals surface area contributed by atoms with Gasteiger partial charge >= 0.3 is 11.9 Å². The first-order valence-electron chi connectivity index (χ1n) is 7.30. The van der Waals surface area contributed by atoms with Gasteiger partial charge < -0.3 is 9.47 Å². The molecule has 0 radical (unpaired) electrons. The summed E-state index contributed by atoms with van der Waals surface area (Å²) in [5, 5.41) is 11.3. The SMILES string of the molecule is CCOC(=O)C(C(=O)OCC)[C@@H](c1ccncc1)[C@@H](C)[N+](=O)[O-]. The third-order valence-electron chi connectivity index (χ3n) is 3.38. The zero-order chi connectivity index (χ0) is 17.4. The molecule has 0 unspecified atom stereocenters. The van der Waals surface area contributed by atoms with E-state index in [1.807, 2.05) is 0 Å². The van der Waals surface area contributed by atoms with Crippen LogP contribution in [-0.2, 0) is 19.1 Å². The van der Waals surface area contributed by atoms with E-state index in [2.05, 4.69) is 4.98 Å². The van der Waals surface area contributed by atoms with Crippen LogP contribution in [0.4, 0.5) is 0 Å². The second kappa shape index (κ2) is 8.82. The summed E-state index contributed by atoms with van der Waals surface area (Å²) in [5.74, 6) is -4.08. The molecule has 0 fully saturated rings. The lowest BCUT2D eigenvalue weighted by molar-refractivity contribution is -0.523. The third-order valence-corrected chi connectivity index (χ3v) is 3.38. The molecule has 0 aliphatic rings. The van der Waals surface area contributed by atoms with Crippen LogP contribution >= 0.6 is 0 Å². The molecule has 2 atom stereocenters. The molecule has 8 heteroatoms. The minimum absolute atomic E-state index is 0.0602. The van der Waals surface area contributed by atoms with Gasteiger partial charge in [0.25, 0.3) is 0 Å². The number of nitrogens with zero attached hydrogens (tertiary/aromatic N) is 2. The highest BCUT2D eigenvalue weighted by molar-refractivity contribution is 5.96. The van der Waals surface area contributed by atoms with E-state index in [-0.39, 0.29) is 13.2 Å². The van der Waals surface area contributed by atoms with E-state index in [1.54, 1.807) is 13.8 Å². The summed E-state index contributed by atoms with van der Waals surface area (Å²) < 4.78 is 9.85. The number of carbonyl (C=O) groups is 2. The number of hydrogen-bond acceptors (Lipinski definition) is 7. The fraction of sp³-hybridized carbons (Fsp3) is 0.533. The Kier molecular flexibility index (Phi) is 7.11. The Hall–Kier alpha value is -2.51. The summed E-state index contributed by atoms with van der Waals surface area (Å²) in [6.45, 7) is 4.66. The fourth-order valence-corrected chi connectivity index (χ4v) is 2.32. The molecule has 0 saturated carbocycles. The number of pyridine rings is 1. The predicted molar refractivity (Wildman–Crippen MR) is 80.2 cm³/mol. The highest BCUT2D eigenvalue weighted by atomic mass is 16.6. The molecule has 0 aromatic carbocycles. The van der Waals surface area contributed by atoms with Crippen molar-refractivity contribution in [3.63, 3.8) is 0 Å². The fourth-order valence-electron chi connectivity index (χ4n) is 2.32. The van der Waals surface area contributed by atoms with Crippen molar-refractivity contribution in [2.45, 2.75) is 32.7 Å². The van der Waals surface area contributed by atoms with Crippen LogP contribution < -0.4 is 0 Å². The largest absolute Gasteiger partial charge is 0.465 e. The molecule has 0 amide bonds. The highest BCUT2D eigenvalue weighted by Gasteiger charge is 2.45. The van der Waals surface area contributed by atoms with Crippen molar-refractivity contribution in [2.24, 2.45) is 5.92 Å². The van der Waals surface area contributed by atoms with Gasteiger partial charge in [-0.3, -0.25) is 24.7 Å². The average molecular weight is 324 g/mol. The van der Waals surface area contributed by atoms with Crippen molar-refractivity contribution in [3.8, 4) is 0 Å². The lowest BCUT2D eigenvalue weighted by Crippen LogP contribution is -2.40. The van der Waals surface area contributed by atoms with E-state index < -0.39 is 34.7 Å². The third kappa shape index (κ3) is 4.73. The maximum absolute atomic E-state index is 12.2. The van der Waals surface area contributed by atoms with Crippen LogP contribution in [0.2, 0.25) is 0 Å². The first-order chi connectivity index (χ1) is 10.9. The molecule has 1 heterocycles. The van der Waals surface area contributed by atoms with Gasteiger partial charge in [0, 0.05) is 24.2 Å². The standard InChI is InChI=1S/C15H20N2O6/c1-4-22-14(18)13(15(19)23-5-2)12(10(3)17(20)21)11-6-8-16-9-7-11/h6-10,12-13H,4-5H2,1-3H3/t10-,12-/m1/s1. The Balaban J connectivity index is 3.33. The molecular formula is C15H20N2O6. The molecular weight excluding hydrogens is 304 g/mol. The van der Waals surface area contributed by atoms with E-state index in [0.717, 1.165) is 0 Å². The molecule has 0 saturated heterocycles. The molecule has 0 spiro atoms. The lowest BCUT2D eigenvalue weighted by atomic mass is 9.81. The average Bonchev–Trinajstić information content (AvgIpc) is 2.52. The van der Waals surface area contributed by atoms with Crippen LogP contribution in [0, 0.1) is 16.0 Å². The number of rotatable bonds is 8. The number of aromatic nitrogens is 1. The van der Waals surface area contributed by atoms with Crippen molar-refractivity contribution in [2.75, 3.05) is 13.2 Å². The minimum atomic E-state index is -1.40. The summed E-state index contributed by atoms with van der Waals surface area (Å²) in [6.07, 6.45) is 2.89.